The van der Waals surface area contributed by atoms with Crippen LogP contribution in [-0.2, 0) is 14.8 Å². The lowest BCUT2D eigenvalue weighted by Crippen LogP contribution is -2.43. The zero-order chi connectivity index (χ0) is 17.2. The first kappa shape index (κ1) is 17.0. The van der Waals surface area contributed by atoms with Gasteiger partial charge >= 0.3 is 0 Å². The maximum absolute atomic E-state index is 12.8. The molecule has 1 aliphatic rings. The summed E-state index contributed by atoms with van der Waals surface area (Å²) < 4.78 is 26.9. The van der Waals surface area contributed by atoms with E-state index >= 15 is 0 Å². The summed E-state index contributed by atoms with van der Waals surface area (Å²) in [5.74, 6) is -0.309. The molecule has 2 aromatic rings. The van der Waals surface area contributed by atoms with Crippen LogP contribution in [0.3, 0.4) is 0 Å². The van der Waals surface area contributed by atoms with Gasteiger partial charge in [-0.15, -0.1) is 0 Å². The molecule has 1 saturated heterocycles. The van der Waals surface area contributed by atoms with E-state index in [4.69, 9.17) is 11.6 Å². The Labute approximate surface area is 146 Å². The number of carbonyl (C=O) groups excluding carboxylic acids is 1. The van der Waals surface area contributed by atoms with E-state index in [9.17, 15) is 13.2 Å². The Morgan fingerprint density at radius 2 is 1.75 bits per heavy atom. The molecule has 0 saturated carbocycles. The van der Waals surface area contributed by atoms with Gasteiger partial charge in [-0.2, -0.15) is 4.31 Å². The lowest BCUT2D eigenvalue weighted by Gasteiger charge is -2.23. The van der Waals surface area contributed by atoms with Gasteiger partial charge in [0.05, 0.1) is 4.90 Å². The monoisotopic (exact) mass is 364 g/mol. The van der Waals surface area contributed by atoms with Gasteiger partial charge in [-0.05, 0) is 49.2 Å². The Hall–Kier alpha value is -1.89. The maximum atomic E-state index is 12.8. The molecule has 0 aliphatic carbocycles. The molecule has 2 aromatic carbocycles. The van der Waals surface area contributed by atoms with Crippen LogP contribution in [0.5, 0.6) is 0 Å². The Bertz CT molecular complexity index is 823. The quantitative estimate of drug-likeness (QED) is 0.906. The normalized spacial score (nSPS) is 18.5. The molecule has 0 spiro atoms. The predicted molar refractivity (Wildman–Crippen MR) is 93.4 cm³/mol. The third-order valence-electron chi connectivity index (χ3n) is 3.97. The van der Waals surface area contributed by atoms with Crippen molar-refractivity contribution in [2.24, 2.45) is 0 Å². The Balaban J connectivity index is 1.82. The molecule has 7 heteroatoms. The molecule has 0 radical (unpaired) electrons. The first-order valence-corrected chi connectivity index (χ1v) is 9.43. The number of hydrogen-bond donors (Lipinski definition) is 1. The largest absolute Gasteiger partial charge is 0.325 e. The number of hydrogen-bond acceptors (Lipinski definition) is 3. The van der Waals surface area contributed by atoms with Crippen LogP contribution in [0.1, 0.15) is 12.8 Å². The molecule has 0 aromatic heterocycles. The van der Waals surface area contributed by atoms with Gasteiger partial charge < -0.3 is 5.32 Å². The first-order chi connectivity index (χ1) is 11.5. The molecular formula is C17H17ClN2O3S. The van der Waals surface area contributed by atoms with Gasteiger partial charge in [-0.3, -0.25) is 4.79 Å². The van der Waals surface area contributed by atoms with Crippen LogP contribution in [0.4, 0.5) is 5.69 Å². The molecular weight excluding hydrogens is 348 g/mol. The molecule has 3 rings (SSSR count). The van der Waals surface area contributed by atoms with Crippen molar-refractivity contribution in [3.63, 3.8) is 0 Å². The van der Waals surface area contributed by atoms with Gasteiger partial charge in [0, 0.05) is 17.3 Å². The van der Waals surface area contributed by atoms with Gasteiger partial charge in [0.15, 0.2) is 0 Å². The smallest absolute Gasteiger partial charge is 0.243 e. The molecule has 0 bridgehead atoms. The average molecular weight is 365 g/mol. The highest BCUT2D eigenvalue weighted by Crippen LogP contribution is 2.27. The van der Waals surface area contributed by atoms with Crippen molar-refractivity contribution in [3.05, 3.63) is 59.6 Å². The fourth-order valence-corrected chi connectivity index (χ4v) is 4.56. The van der Waals surface area contributed by atoms with Crippen molar-refractivity contribution in [1.82, 2.24) is 4.31 Å². The number of carbonyl (C=O) groups is 1. The van der Waals surface area contributed by atoms with E-state index < -0.39 is 16.1 Å². The minimum absolute atomic E-state index is 0.145. The van der Waals surface area contributed by atoms with Crippen LogP contribution in [0.2, 0.25) is 5.02 Å². The van der Waals surface area contributed by atoms with Crippen LogP contribution in [0.15, 0.2) is 59.5 Å². The lowest BCUT2D eigenvalue weighted by molar-refractivity contribution is -0.119. The molecule has 1 amide bonds. The van der Waals surface area contributed by atoms with E-state index in [2.05, 4.69) is 5.32 Å². The van der Waals surface area contributed by atoms with E-state index in [0.717, 1.165) is 0 Å². The third-order valence-corrected chi connectivity index (χ3v) is 6.14. The second kappa shape index (κ2) is 6.93. The number of halogens is 1. The summed E-state index contributed by atoms with van der Waals surface area (Å²) in [7, 11) is -3.73. The van der Waals surface area contributed by atoms with Crippen LogP contribution < -0.4 is 5.32 Å². The number of para-hydroxylation sites is 1. The van der Waals surface area contributed by atoms with Crippen molar-refractivity contribution in [2.75, 3.05) is 11.9 Å². The standard InChI is InChI=1S/C17H17ClN2O3S/c18-13-8-10-15(11-9-13)24(22,23)20-12-4-7-16(20)17(21)19-14-5-2-1-3-6-14/h1-3,5-6,8-11,16H,4,7,12H2,(H,19,21)/t16-/m0/s1. The third kappa shape index (κ3) is 3.45. The van der Waals surface area contributed by atoms with Crippen molar-refractivity contribution < 1.29 is 13.2 Å². The molecule has 1 N–H and O–H groups in total. The fraction of sp³-hybridized carbons (Fsp3) is 0.235. The zero-order valence-corrected chi connectivity index (χ0v) is 14.4. The zero-order valence-electron chi connectivity index (χ0n) is 12.9. The van der Waals surface area contributed by atoms with E-state index in [1.54, 1.807) is 12.1 Å². The molecule has 5 nitrogen and oxygen atoms in total. The summed E-state index contributed by atoms with van der Waals surface area (Å²) in [6, 6.07) is 14.3. The summed E-state index contributed by atoms with van der Waals surface area (Å²) in [6.07, 6.45) is 1.16. The average Bonchev–Trinajstić information content (AvgIpc) is 3.07. The van der Waals surface area contributed by atoms with Crippen molar-refractivity contribution in [2.45, 2.75) is 23.8 Å². The number of nitrogens with one attached hydrogen (secondary N) is 1. The second-order valence-corrected chi connectivity index (χ2v) is 7.91. The number of benzene rings is 2. The minimum atomic E-state index is -3.73. The predicted octanol–water partition coefficient (Wildman–Crippen LogP) is 3.13. The molecule has 0 unspecified atom stereocenters. The molecule has 126 valence electrons. The number of sulfonamides is 1. The fourth-order valence-electron chi connectivity index (χ4n) is 2.78. The minimum Gasteiger partial charge on any atom is -0.325 e. The van der Waals surface area contributed by atoms with E-state index in [0.29, 0.717) is 30.1 Å². The van der Waals surface area contributed by atoms with Gasteiger partial charge in [-0.25, -0.2) is 8.42 Å². The summed E-state index contributed by atoms with van der Waals surface area (Å²) in [5, 5.41) is 3.25. The van der Waals surface area contributed by atoms with E-state index in [-0.39, 0.29) is 10.8 Å². The molecule has 24 heavy (non-hydrogen) atoms. The highest BCUT2D eigenvalue weighted by molar-refractivity contribution is 7.89. The topological polar surface area (TPSA) is 66.5 Å². The van der Waals surface area contributed by atoms with Crippen LogP contribution in [0.25, 0.3) is 0 Å². The van der Waals surface area contributed by atoms with E-state index in [1.165, 1.54) is 28.6 Å². The second-order valence-electron chi connectivity index (χ2n) is 5.58. The van der Waals surface area contributed by atoms with Gasteiger partial charge in [-0.1, -0.05) is 29.8 Å². The van der Waals surface area contributed by atoms with Crippen LogP contribution in [-0.4, -0.2) is 31.2 Å². The maximum Gasteiger partial charge on any atom is 0.243 e. The lowest BCUT2D eigenvalue weighted by atomic mass is 10.2. The van der Waals surface area contributed by atoms with Crippen LogP contribution in [0, 0.1) is 0 Å². The number of amides is 1. The summed E-state index contributed by atoms with van der Waals surface area (Å²) in [5.41, 5.74) is 0.651. The Morgan fingerprint density at radius 1 is 1.08 bits per heavy atom. The van der Waals surface area contributed by atoms with Crippen molar-refractivity contribution >= 4 is 33.2 Å². The van der Waals surface area contributed by atoms with Crippen molar-refractivity contribution in [3.8, 4) is 0 Å². The van der Waals surface area contributed by atoms with E-state index in [1.807, 2.05) is 18.2 Å². The molecule has 1 aliphatic heterocycles. The van der Waals surface area contributed by atoms with Gasteiger partial charge in [0.2, 0.25) is 15.9 Å². The summed E-state index contributed by atoms with van der Waals surface area (Å²) in [4.78, 5) is 12.7. The summed E-state index contributed by atoms with van der Waals surface area (Å²) >= 11 is 5.82. The van der Waals surface area contributed by atoms with Crippen LogP contribution >= 0.6 is 11.6 Å². The highest BCUT2D eigenvalue weighted by Gasteiger charge is 2.39. The molecule has 1 atom stereocenters. The van der Waals surface area contributed by atoms with Gasteiger partial charge in [0.1, 0.15) is 6.04 Å². The van der Waals surface area contributed by atoms with Gasteiger partial charge in [0.25, 0.3) is 0 Å². The summed E-state index contributed by atoms with van der Waals surface area (Å²) in [6.45, 7) is 0.331. The SMILES string of the molecule is O=C(Nc1ccccc1)[C@@H]1CCCN1S(=O)(=O)c1ccc(Cl)cc1. The Morgan fingerprint density at radius 3 is 2.42 bits per heavy atom. The molecule has 1 heterocycles. The number of rotatable bonds is 4. The number of anilines is 1. The number of nitrogens with zero attached hydrogens (tertiary/aromatic N) is 1. The Kier molecular flexibility index (Phi) is 4.89. The first-order valence-electron chi connectivity index (χ1n) is 7.62. The molecule has 1 fully saturated rings. The highest BCUT2D eigenvalue weighted by atomic mass is 35.5. The van der Waals surface area contributed by atoms with Crippen molar-refractivity contribution in [1.29, 1.82) is 0 Å².